The van der Waals surface area contributed by atoms with E-state index in [0.29, 0.717) is 17.4 Å². The van der Waals surface area contributed by atoms with E-state index in [1.807, 2.05) is 21.1 Å². The zero-order valence-electron chi connectivity index (χ0n) is 36.1. The molecule has 0 aromatic heterocycles. The largest absolute Gasteiger partial charge is 0.756 e. The first-order valence-corrected chi connectivity index (χ1v) is 23.7. The molecule has 0 radical (unpaired) electrons. The quantitative estimate of drug-likeness (QED) is 0.0198. The number of carbonyl (C=O) groups is 2. The van der Waals surface area contributed by atoms with Crippen molar-refractivity contribution in [2.45, 2.75) is 193 Å². The summed E-state index contributed by atoms with van der Waals surface area (Å²) < 4.78 is 33.9. The molecule has 0 saturated carbocycles. The van der Waals surface area contributed by atoms with Crippen LogP contribution in [-0.2, 0) is 32.7 Å². The molecule has 0 saturated heterocycles. The lowest BCUT2D eigenvalue weighted by molar-refractivity contribution is -0.870. The van der Waals surface area contributed by atoms with E-state index in [0.717, 1.165) is 70.6 Å². The fraction of sp³-hybridized carbons (Fsp3) is 0.822. The van der Waals surface area contributed by atoms with Crippen molar-refractivity contribution in [3.05, 3.63) is 36.5 Å². The molecule has 0 N–H and O–H groups in total. The second kappa shape index (κ2) is 37.8. The van der Waals surface area contributed by atoms with Crippen LogP contribution in [0.15, 0.2) is 36.5 Å². The van der Waals surface area contributed by atoms with Gasteiger partial charge in [-0.3, -0.25) is 14.2 Å². The normalized spacial score (nSPS) is 13.9. The van der Waals surface area contributed by atoms with E-state index in [9.17, 15) is 19.0 Å². The molecule has 55 heavy (non-hydrogen) atoms. The first-order valence-electron chi connectivity index (χ1n) is 22.2. The Morgan fingerprint density at radius 1 is 0.564 bits per heavy atom. The molecule has 0 aliphatic carbocycles. The van der Waals surface area contributed by atoms with Crippen LogP contribution in [0.5, 0.6) is 0 Å². The van der Waals surface area contributed by atoms with Crippen LogP contribution in [0.2, 0.25) is 0 Å². The molecule has 0 aromatic rings. The number of carbonyl (C=O) groups excluding carboxylic acids is 2. The van der Waals surface area contributed by atoms with E-state index in [-0.39, 0.29) is 32.0 Å². The van der Waals surface area contributed by atoms with Gasteiger partial charge in [0.15, 0.2) is 6.10 Å². The smallest absolute Gasteiger partial charge is 0.306 e. The second-order valence-corrected chi connectivity index (χ2v) is 17.5. The number of hydrogen-bond acceptors (Lipinski definition) is 8. The van der Waals surface area contributed by atoms with E-state index < -0.39 is 26.5 Å². The Hall–Kier alpha value is -1.77. The van der Waals surface area contributed by atoms with Crippen molar-refractivity contribution in [2.75, 3.05) is 47.5 Å². The van der Waals surface area contributed by atoms with Crippen molar-refractivity contribution in [1.29, 1.82) is 0 Å². The van der Waals surface area contributed by atoms with E-state index in [1.54, 1.807) is 0 Å². The van der Waals surface area contributed by atoms with Crippen molar-refractivity contribution < 1.29 is 42.1 Å². The highest BCUT2D eigenvalue weighted by Gasteiger charge is 2.21. The van der Waals surface area contributed by atoms with Crippen LogP contribution in [0, 0.1) is 0 Å². The summed E-state index contributed by atoms with van der Waals surface area (Å²) in [7, 11) is 1.15. The Morgan fingerprint density at radius 3 is 1.53 bits per heavy atom. The average Bonchev–Trinajstić information content (AvgIpc) is 3.13. The summed E-state index contributed by atoms with van der Waals surface area (Å²) >= 11 is 0. The third-order valence-electron chi connectivity index (χ3n) is 9.39. The maximum absolute atomic E-state index is 12.7. The number of hydrogen-bond donors (Lipinski definition) is 0. The lowest BCUT2D eigenvalue weighted by Gasteiger charge is -2.28. The van der Waals surface area contributed by atoms with Crippen LogP contribution < -0.4 is 4.89 Å². The van der Waals surface area contributed by atoms with E-state index in [1.165, 1.54) is 83.5 Å². The number of unbranched alkanes of at least 4 members (excludes halogenated alkanes) is 20. The van der Waals surface area contributed by atoms with E-state index in [2.05, 4.69) is 50.3 Å². The molecule has 2 unspecified atom stereocenters. The van der Waals surface area contributed by atoms with Crippen LogP contribution >= 0.6 is 7.82 Å². The zero-order chi connectivity index (χ0) is 40.7. The van der Waals surface area contributed by atoms with Crippen LogP contribution in [0.1, 0.15) is 187 Å². The molecule has 322 valence electrons. The number of allylic oxidation sites excluding steroid dienone is 6. The first-order chi connectivity index (χ1) is 26.5. The molecule has 0 fully saturated rings. The molecular formula is C45H84NO8P. The molecule has 0 aliphatic heterocycles. The number of phosphoric acid groups is 1. The van der Waals surface area contributed by atoms with Crippen molar-refractivity contribution >= 4 is 19.8 Å². The van der Waals surface area contributed by atoms with Gasteiger partial charge in [-0.1, -0.05) is 166 Å². The third kappa shape index (κ3) is 41.7. The second-order valence-electron chi connectivity index (χ2n) is 16.1. The Bertz CT molecular complexity index is 1040. The summed E-state index contributed by atoms with van der Waals surface area (Å²) in [5.74, 6) is -0.850. The Labute approximate surface area is 338 Å². The molecule has 0 heterocycles. The van der Waals surface area contributed by atoms with Crippen LogP contribution in [-0.4, -0.2) is 70.0 Å². The Balaban J connectivity index is 4.37. The molecule has 10 heteroatoms. The molecule has 2 atom stereocenters. The Morgan fingerprint density at radius 2 is 1.02 bits per heavy atom. The van der Waals surface area contributed by atoms with Crippen molar-refractivity contribution in [3.63, 3.8) is 0 Å². The molecule has 0 amide bonds. The molecular weight excluding hydrogens is 713 g/mol. The molecule has 0 bridgehead atoms. The maximum Gasteiger partial charge on any atom is 0.306 e. The topological polar surface area (TPSA) is 111 Å². The lowest BCUT2D eigenvalue weighted by atomic mass is 10.0. The summed E-state index contributed by atoms with van der Waals surface area (Å²) in [4.78, 5) is 37.5. The number of quaternary nitrogens is 1. The van der Waals surface area contributed by atoms with Gasteiger partial charge in [0.05, 0.1) is 27.7 Å². The summed E-state index contributed by atoms with van der Waals surface area (Å²) in [6.45, 7) is 4.15. The van der Waals surface area contributed by atoms with Gasteiger partial charge in [-0.2, -0.15) is 0 Å². The van der Waals surface area contributed by atoms with Gasteiger partial charge in [-0.05, 0) is 44.9 Å². The van der Waals surface area contributed by atoms with Gasteiger partial charge in [0, 0.05) is 12.8 Å². The maximum atomic E-state index is 12.7. The van der Waals surface area contributed by atoms with E-state index in [4.69, 9.17) is 18.5 Å². The van der Waals surface area contributed by atoms with Crippen molar-refractivity contribution in [3.8, 4) is 0 Å². The lowest BCUT2D eigenvalue weighted by Crippen LogP contribution is -2.37. The standard InChI is InChI=1S/C45H84NO8P/c1-6-8-10-12-14-16-18-20-22-24-26-28-30-32-34-36-38-45(48)54-43(42-53-55(49,50)52-40-39-46(3,4)5)41-51-44(47)37-35-33-31-29-27-25-23-21-19-17-15-13-11-9-7-2/h10,12,16,18,22,24,43H,6-9,11,13-15,17,19-21,23,25-42H2,1-5H3/b12-10-,18-16-,24-22-. The van der Waals surface area contributed by atoms with Crippen molar-refractivity contribution in [2.24, 2.45) is 0 Å². The third-order valence-corrected chi connectivity index (χ3v) is 10.4. The number of rotatable bonds is 40. The highest BCUT2D eigenvalue weighted by molar-refractivity contribution is 7.45. The fourth-order valence-corrected chi connectivity index (χ4v) is 6.63. The predicted octanol–water partition coefficient (Wildman–Crippen LogP) is 11.9. The number of ether oxygens (including phenoxy) is 2. The summed E-state index contributed by atoms with van der Waals surface area (Å²) in [6.07, 6.45) is 41.6. The molecule has 9 nitrogen and oxygen atoms in total. The average molecular weight is 798 g/mol. The summed E-state index contributed by atoms with van der Waals surface area (Å²) in [6, 6.07) is 0. The number of esters is 2. The number of nitrogens with zero attached hydrogens (tertiary/aromatic N) is 1. The van der Waals surface area contributed by atoms with Gasteiger partial charge in [-0.25, -0.2) is 0 Å². The highest BCUT2D eigenvalue weighted by Crippen LogP contribution is 2.38. The van der Waals surface area contributed by atoms with Gasteiger partial charge < -0.3 is 27.9 Å². The Kier molecular flexibility index (Phi) is 36.6. The monoisotopic (exact) mass is 798 g/mol. The summed E-state index contributed by atoms with van der Waals surface area (Å²) in [5.41, 5.74) is 0. The zero-order valence-corrected chi connectivity index (χ0v) is 37.0. The van der Waals surface area contributed by atoms with Crippen LogP contribution in [0.4, 0.5) is 0 Å². The minimum absolute atomic E-state index is 0.0339. The van der Waals surface area contributed by atoms with E-state index >= 15 is 0 Å². The van der Waals surface area contributed by atoms with Gasteiger partial charge in [0.2, 0.25) is 0 Å². The first kappa shape index (κ1) is 53.2. The highest BCUT2D eigenvalue weighted by atomic mass is 31.2. The SMILES string of the molecule is CCC/C=C\C/C=C\C/C=C\CCCCCCCC(=O)OC(COC(=O)CCCCCCCCCCCCCCCCC)COP(=O)([O-])OCC[N+](C)(C)C. The molecule has 0 rings (SSSR count). The molecule has 0 spiro atoms. The van der Waals surface area contributed by atoms with Crippen LogP contribution in [0.3, 0.4) is 0 Å². The predicted molar refractivity (Wildman–Crippen MR) is 227 cm³/mol. The van der Waals surface area contributed by atoms with Crippen LogP contribution in [0.25, 0.3) is 0 Å². The molecule has 0 aromatic carbocycles. The number of phosphoric ester groups is 1. The fourth-order valence-electron chi connectivity index (χ4n) is 5.90. The number of likely N-dealkylation sites (N-methyl/N-ethyl adjacent to an activating group) is 1. The minimum atomic E-state index is -4.63. The van der Waals surface area contributed by atoms with Gasteiger partial charge in [-0.15, -0.1) is 0 Å². The van der Waals surface area contributed by atoms with Gasteiger partial charge >= 0.3 is 11.9 Å². The van der Waals surface area contributed by atoms with Gasteiger partial charge in [0.1, 0.15) is 19.8 Å². The van der Waals surface area contributed by atoms with Crippen molar-refractivity contribution in [1.82, 2.24) is 0 Å². The minimum Gasteiger partial charge on any atom is -0.756 e. The molecule has 0 aliphatic rings. The van der Waals surface area contributed by atoms with Gasteiger partial charge in [0.25, 0.3) is 7.82 Å². The summed E-state index contributed by atoms with van der Waals surface area (Å²) in [5, 5.41) is 0.